The Kier molecular flexibility index (Phi) is 8.40. The average molecular weight is 473 g/mol. The molecule has 0 aromatic heterocycles. The van der Waals surface area contributed by atoms with Crippen LogP contribution in [-0.2, 0) is 19.5 Å². The molecule has 176 valence electrons. The number of carbonyl (C=O) groups excluding carboxylic acids is 1. The third-order valence-electron chi connectivity index (χ3n) is 5.20. The van der Waals surface area contributed by atoms with Crippen molar-refractivity contribution in [1.82, 2.24) is 4.31 Å². The molecule has 8 nitrogen and oxygen atoms in total. The number of anilines is 1. The van der Waals surface area contributed by atoms with Crippen molar-refractivity contribution in [2.45, 2.75) is 4.90 Å². The first kappa shape index (κ1) is 24.7. The van der Waals surface area contributed by atoms with Gasteiger partial charge in [0, 0.05) is 49.3 Å². The van der Waals surface area contributed by atoms with Crippen molar-refractivity contribution in [2.24, 2.45) is 0 Å². The number of carbonyl (C=O) groups is 1. The van der Waals surface area contributed by atoms with Crippen LogP contribution in [0, 0.1) is 0 Å². The highest BCUT2D eigenvalue weighted by atomic mass is 32.2. The van der Waals surface area contributed by atoms with Gasteiger partial charge in [-0.2, -0.15) is 4.31 Å². The number of nitrogens with one attached hydrogen (secondary N) is 1. The van der Waals surface area contributed by atoms with E-state index < -0.39 is 10.0 Å². The number of hydrogen-bond donors (Lipinski definition) is 1. The largest absolute Gasteiger partial charge is 0.496 e. The minimum Gasteiger partial charge on any atom is -0.496 e. The molecular formula is C24H28N2O6S. The number of rotatable bonds is 11. The molecular weight excluding hydrogens is 444 g/mol. The van der Waals surface area contributed by atoms with E-state index in [-0.39, 0.29) is 37.1 Å². The first-order valence-electron chi connectivity index (χ1n) is 10.4. The first-order chi connectivity index (χ1) is 15.9. The third-order valence-corrected chi connectivity index (χ3v) is 7.11. The van der Waals surface area contributed by atoms with Gasteiger partial charge in [0.1, 0.15) is 5.75 Å². The van der Waals surface area contributed by atoms with Crippen LogP contribution in [0.1, 0.15) is 10.4 Å². The Morgan fingerprint density at radius 1 is 0.848 bits per heavy atom. The van der Waals surface area contributed by atoms with Gasteiger partial charge in [-0.3, -0.25) is 4.79 Å². The SMILES string of the molecule is COCCN(CCOC)S(=O)(=O)c1ccc(C(=O)Nc2ccc(OC)c3ccccc23)cc1. The Morgan fingerprint density at radius 2 is 1.45 bits per heavy atom. The number of ether oxygens (including phenoxy) is 3. The van der Waals surface area contributed by atoms with Crippen LogP contribution >= 0.6 is 0 Å². The van der Waals surface area contributed by atoms with Gasteiger partial charge in [-0.15, -0.1) is 0 Å². The quantitative estimate of drug-likeness (QED) is 0.460. The number of nitrogens with zero attached hydrogens (tertiary/aromatic N) is 1. The molecule has 3 aromatic carbocycles. The van der Waals surface area contributed by atoms with E-state index in [1.165, 1.54) is 42.8 Å². The van der Waals surface area contributed by atoms with Gasteiger partial charge < -0.3 is 19.5 Å². The summed E-state index contributed by atoms with van der Waals surface area (Å²) in [6.45, 7) is 0.933. The van der Waals surface area contributed by atoms with Crippen LogP contribution in [-0.4, -0.2) is 66.3 Å². The fraction of sp³-hybridized carbons (Fsp3) is 0.292. The molecule has 0 aliphatic carbocycles. The molecule has 0 heterocycles. The second-order valence-corrected chi connectivity index (χ2v) is 9.17. The van der Waals surface area contributed by atoms with E-state index in [0.717, 1.165) is 10.8 Å². The van der Waals surface area contributed by atoms with Crippen molar-refractivity contribution in [1.29, 1.82) is 0 Å². The lowest BCUT2D eigenvalue weighted by atomic mass is 10.1. The Hall–Kier alpha value is -2.98. The summed E-state index contributed by atoms with van der Waals surface area (Å²) in [6.07, 6.45) is 0. The van der Waals surface area contributed by atoms with Crippen molar-refractivity contribution in [3.63, 3.8) is 0 Å². The van der Waals surface area contributed by atoms with Gasteiger partial charge in [0.05, 0.1) is 25.2 Å². The van der Waals surface area contributed by atoms with E-state index in [1.54, 1.807) is 19.2 Å². The van der Waals surface area contributed by atoms with Gasteiger partial charge >= 0.3 is 0 Å². The summed E-state index contributed by atoms with van der Waals surface area (Å²) < 4.78 is 42.8. The zero-order valence-electron chi connectivity index (χ0n) is 18.9. The summed E-state index contributed by atoms with van der Waals surface area (Å²) in [4.78, 5) is 13.0. The molecule has 3 rings (SSSR count). The smallest absolute Gasteiger partial charge is 0.255 e. The highest BCUT2D eigenvalue weighted by Gasteiger charge is 2.24. The summed E-state index contributed by atoms with van der Waals surface area (Å²) in [5.74, 6) is 0.370. The predicted octanol–water partition coefficient (Wildman–Crippen LogP) is 3.38. The molecule has 0 bridgehead atoms. The van der Waals surface area contributed by atoms with Crippen molar-refractivity contribution in [2.75, 3.05) is 52.9 Å². The van der Waals surface area contributed by atoms with Crippen molar-refractivity contribution in [3.05, 3.63) is 66.2 Å². The van der Waals surface area contributed by atoms with Gasteiger partial charge in [-0.25, -0.2) is 8.42 Å². The molecule has 0 saturated heterocycles. The maximum absolute atomic E-state index is 13.0. The number of sulfonamides is 1. The molecule has 0 aliphatic heterocycles. The lowest BCUT2D eigenvalue weighted by molar-refractivity contribution is 0.102. The molecule has 0 atom stereocenters. The van der Waals surface area contributed by atoms with Crippen LogP contribution in [0.25, 0.3) is 10.8 Å². The molecule has 3 aromatic rings. The average Bonchev–Trinajstić information content (AvgIpc) is 2.84. The summed E-state index contributed by atoms with van der Waals surface area (Å²) in [5, 5.41) is 4.63. The first-order valence-corrected chi connectivity index (χ1v) is 11.8. The fourth-order valence-electron chi connectivity index (χ4n) is 3.42. The molecule has 0 radical (unpaired) electrons. The van der Waals surface area contributed by atoms with E-state index in [0.29, 0.717) is 17.0 Å². The zero-order chi connectivity index (χ0) is 23.8. The van der Waals surface area contributed by atoms with Gasteiger partial charge in [0.25, 0.3) is 5.91 Å². The van der Waals surface area contributed by atoms with Crippen LogP contribution in [0.2, 0.25) is 0 Å². The molecule has 0 fully saturated rings. The second-order valence-electron chi connectivity index (χ2n) is 7.23. The molecule has 0 saturated carbocycles. The molecule has 1 amide bonds. The highest BCUT2D eigenvalue weighted by molar-refractivity contribution is 7.89. The minimum atomic E-state index is -3.76. The lowest BCUT2D eigenvalue weighted by Gasteiger charge is -2.21. The standard InChI is InChI=1S/C24H28N2O6S/c1-30-16-14-26(15-17-31-2)33(28,29)19-10-8-18(9-11-19)24(27)25-22-12-13-23(32-3)21-7-5-4-6-20(21)22/h4-13H,14-17H2,1-3H3,(H,25,27). The maximum Gasteiger partial charge on any atom is 0.255 e. The molecule has 33 heavy (non-hydrogen) atoms. The number of methoxy groups -OCH3 is 3. The van der Waals surface area contributed by atoms with Gasteiger partial charge in [-0.1, -0.05) is 24.3 Å². The Balaban J connectivity index is 1.81. The highest BCUT2D eigenvalue weighted by Crippen LogP contribution is 2.31. The number of benzene rings is 3. The second kappa shape index (κ2) is 11.2. The molecule has 1 N–H and O–H groups in total. The molecule has 0 spiro atoms. The Labute approximate surface area is 194 Å². The molecule has 0 unspecified atom stereocenters. The van der Waals surface area contributed by atoms with Crippen molar-refractivity contribution >= 4 is 32.4 Å². The topological polar surface area (TPSA) is 94.2 Å². The normalized spacial score (nSPS) is 11.6. The lowest BCUT2D eigenvalue weighted by Crippen LogP contribution is -2.36. The van der Waals surface area contributed by atoms with E-state index in [1.807, 2.05) is 24.3 Å². The van der Waals surface area contributed by atoms with E-state index in [4.69, 9.17) is 14.2 Å². The van der Waals surface area contributed by atoms with Crippen LogP contribution in [0.3, 0.4) is 0 Å². The number of hydrogen-bond acceptors (Lipinski definition) is 6. The Bertz CT molecular complexity index is 1190. The zero-order valence-corrected chi connectivity index (χ0v) is 19.7. The fourth-order valence-corrected chi connectivity index (χ4v) is 4.83. The minimum absolute atomic E-state index is 0.0983. The van der Waals surface area contributed by atoms with E-state index >= 15 is 0 Å². The van der Waals surface area contributed by atoms with E-state index in [2.05, 4.69) is 5.32 Å². The van der Waals surface area contributed by atoms with Crippen LogP contribution in [0.4, 0.5) is 5.69 Å². The van der Waals surface area contributed by atoms with Crippen LogP contribution in [0.15, 0.2) is 65.6 Å². The number of fused-ring (bicyclic) bond motifs is 1. The van der Waals surface area contributed by atoms with Crippen molar-refractivity contribution < 1.29 is 27.4 Å². The Morgan fingerprint density at radius 3 is 2.03 bits per heavy atom. The summed E-state index contributed by atoms with van der Waals surface area (Å²) in [7, 11) is 0.872. The molecule has 0 aliphatic rings. The van der Waals surface area contributed by atoms with Gasteiger partial charge in [0.15, 0.2) is 0 Å². The van der Waals surface area contributed by atoms with Crippen LogP contribution in [0.5, 0.6) is 5.75 Å². The van der Waals surface area contributed by atoms with Gasteiger partial charge in [0.2, 0.25) is 10.0 Å². The van der Waals surface area contributed by atoms with E-state index in [9.17, 15) is 13.2 Å². The van der Waals surface area contributed by atoms with Crippen molar-refractivity contribution in [3.8, 4) is 5.75 Å². The summed E-state index contributed by atoms with van der Waals surface area (Å²) in [6, 6.07) is 17.0. The summed E-state index contributed by atoms with van der Waals surface area (Å²) >= 11 is 0. The monoisotopic (exact) mass is 472 g/mol. The number of amides is 1. The summed E-state index contributed by atoms with van der Waals surface area (Å²) in [5.41, 5.74) is 0.979. The maximum atomic E-state index is 13.0. The van der Waals surface area contributed by atoms with Gasteiger partial charge in [-0.05, 0) is 36.4 Å². The predicted molar refractivity (Wildman–Crippen MR) is 127 cm³/mol. The third kappa shape index (κ3) is 5.69. The van der Waals surface area contributed by atoms with Crippen LogP contribution < -0.4 is 10.1 Å². The molecule has 9 heteroatoms.